The molecule has 8 heteroatoms. The van der Waals surface area contributed by atoms with E-state index in [9.17, 15) is 19.5 Å². The molecular weight excluding hydrogens is 422 g/mol. The van der Waals surface area contributed by atoms with E-state index in [0.717, 1.165) is 5.56 Å². The van der Waals surface area contributed by atoms with E-state index in [2.05, 4.69) is 0 Å². The maximum absolute atomic E-state index is 12.6. The van der Waals surface area contributed by atoms with Gasteiger partial charge in [-0.15, -0.1) is 0 Å². The molecule has 1 fully saturated rings. The Balaban J connectivity index is 1.63. The summed E-state index contributed by atoms with van der Waals surface area (Å²) in [5.41, 5.74) is 1.47. The minimum absolute atomic E-state index is 0.00241. The van der Waals surface area contributed by atoms with Crippen molar-refractivity contribution >= 4 is 52.0 Å². The average Bonchev–Trinajstić information content (AvgIpc) is 3.27. The Morgan fingerprint density at radius 2 is 1.87 bits per heavy atom. The lowest BCUT2D eigenvalue weighted by atomic mass is 10.1. The standard InChI is InChI=1S/C22H21NO5S2/c1-14(24)15-6-8-16(9-7-15)18-11-10-17(28-18)13-19-21(27)23(22(29)30-19)12-4-2-3-5-20(25)26/h6-11,13H,2-5,12H2,1H3,(H,25,26)/p-1/b19-13+. The van der Waals surface area contributed by atoms with Gasteiger partial charge >= 0.3 is 0 Å². The molecule has 2 heterocycles. The topological polar surface area (TPSA) is 90.6 Å². The predicted molar refractivity (Wildman–Crippen MR) is 118 cm³/mol. The number of furan rings is 1. The quantitative estimate of drug-likeness (QED) is 0.253. The van der Waals surface area contributed by atoms with Crippen LogP contribution in [0.15, 0.2) is 45.7 Å². The molecule has 1 aromatic heterocycles. The molecule has 0 radical (unpaired) electrons. The van der Waals surface area contributed by atoms with Crippen molar-refractivity contribution in [2.45, 2.75) is 32.6 Å². The molecule has 1 aliphatic rings. The molecule has 156 valence electrons. The van der Waals surface area contributed by atoms with Gasteiger partial charge < -0.3 is 14.3 Å². The number of carbonyl (C=O) groups is 3. The molecule has 0 spiro atoms. The van der Waals surface area contributed by atoms with Crippen molar-refractivity contribution in [3.63, 3.8) is 0 Å². The molecule has 0 atom stereocenters. The molecule has 30 heavy (non-hydrogen) atoms. The molecule has 6 nitrogen and oxygen atoms in total. The number of amides is 1. The normalized spacial score (nSPS) is 15.2. The van der Waals surface area contributed by atoms with Crippen LogP contribution in [0.1, 0.15) is 48.7 Å². The van der Waals surface area contributed by atoms with Crippen molar-refractivity contribution in [1.82, 2.24) is 4.90 Å². The Morgan fingerprint density at radius 1 is 1.13 bits per heavy atom. The number of benzene rings is 1. The van der Waals surface area contributed by atoms with Gasteiger partial charge in [-0.1, -0.05) is 54.7 Å². The van der Waals surface area contributed by atoms with Gasteiger partial charge in [-0.05, 0) is 38.3 Å². The number of nitrogens with zero attached hydrogens (tertiary/aromatic N) is 1. The van der Waals surface area contributed by atoms with Gasteiger partial charge in [0.25, 0.3) is 5.91 Å². The van der Waals surface area contributed by atoms with Crippen molar-refractivity contribution in [2.75, 3.05) is 6.54 Å². The van der Waals surface area contributed by atoms with Crippen LogP contribution in [0.4, 0.5) is 0 Å². The molecule has 1 aliphatic heterocycles. The first-order valence-corrected chi connectivity index (χ1v) is 10.7. The number of hydrogen-bond acceptors (Lipinski definition) is 7. The number of Topliss-reactive ketones (excluding diaryl/α,β-unsaturated/α-hetero) is 1. The lowest BCUT2D eigenvalue weighted by molar-refractivity contribution is -0.305. The fourth-order valence-corrected chi connectivity index (χ4v) is 4.28. The molecule has 0 unspecified atom stereocenters. The molecule has 0 bridgehead atoms. The Hall–Kier alpha value is -2.71. The molecular formula is C22H20NO5S2-. The molecule has 1 saturated heterocycles. The Labute approximate surface area is 183 Å². The van der Waals surface area contributed by atoms with Crippen LogP contribution < -0.4 is 5.11 Å². The number of unbranched alkanes of at least 4 members (excludes halogenated alkanes) is 2. The highest BCUT2D eigenvalue weighted by Gasteiger charge is 2.31. The SMILES string of the molecule is CC(=O)c1ccc(-c2ccc(/C=C3/SC(=S)N(CCCCCC(=O)[O-])C3=O)o2)cc1. The number of thioether (sulfide) groups is 1. The highest BCUT2D eigenvalue weighted by molar-refractivity contribution is 8.26. The van der Waals surface area contributed by atoms with Crippen LogP contribution in [0.25, 0.3) is 17.4 Å². The summed E-state index contributed by atoms with van der Waals surface area (Å²) in [6.07, 6.45) is 3.58. The summed E-state index contributed by atoms with van der Waals surface area (Å²) >= 11 is 6.53. The van der Waals surface area contributed by atoms with Crippen LogP contribution in [0.2, 0.25) is 0 Å². The summed E-state index contributed by atoms with van der Waals surface area (Å²) in [7, 11) is 0. The van der Waals surface area contributed by atoms with E-state index in [1.807, 2.05) is 18.2 Å². The molecule has 1 amide bonds. The summed E-state index contributed by atoms with van der Waals surface area (Å²) in [5, 5.41) is 10.4. The van der Waals surface area contributed by atoms with Gasteiger partial charge in [-0.3, -0.25) is 14.5 Å². The summed E-state index contributed by atoms with van der Waals surface area (Å²) in [6, 6.07) is 10.7. The van der Waals surface area contributed by atoms with Crippen LogP contribution in [0.5, 0.6) is 0 Å². The summed E-state index contributed by atoms with van der Waals surface area (Å²) in [6.45, 7) is 1.98. The van der Waals surface area contributed by atoms with E-state index < -0.39 is 5.97 Å². The second-order valence-corrected chi connectivity index (χ2v) is 8.53. The van der Waals surface area contributed by atoms with Gasteiger partial charge in [0.05, 0.1) is 4.91 Å². The monoisotopic (exact) mass is 442 g/mol. The second kappa shape index (κ2) is 9.86. The number of carboxylic acids is 1. The summed E-state index contributed by atoms with van der Waals surface area (Å²) in [5.74, 6) is -0.0534. The van der Waals surface area contributed by atoms with E-state index in [1.165, 1.54) is 23.6 Å². The van der Waals surface area contributed by atoms with Gasteiger partial charge in [-0.2, -0.15) is 0 Å². The van der Waals surface area contributed by atoms with Crippen LogP contribution in [0.3, 0.4) is 0 Å². The van der Waals surface area contributed by atoms with Gasteiger partial charge in [0.15, 0.2) is 5.78 Å². The fourth-order valence-electron chi connectivity index (χ4n) is 2.99. The molecule has 0 saturated carbocycles. The average molecular weight is 443 g/mol. The Bertz CT molecular complexity index is 1010. The molecule has 0 N–H and O–H groups in total. The highest BCUT2D eigenvalue weighted by Crippen LogP contribution is 2.34. The van der Waals surface area contributed by atoms with Crippen molar-refractivity contribution in [3.8, 4) is 11.3 Å². The molecule has 1 aromatic carbocycles. The maximum Gasteiger partial charge on any atom is 0.266 e. The van der Waals surface area contributed by atoms with Crippen molar-refractivity contribution in [3.05, 3.63) is 52.6 Å². The number of carbonyl (C=O) groups excluding carboxylic acids is 3. The van der Waals surface area contributed by atoms with Crippen LogP contribution in [0, 0.1) is 0 Å². The zero-order chi connectivity index (χ0) is 21.7. The van der Waals surface area contributed by atoms with Crippen molar-refractivity contribution in [1.29, 1.82) is 0 Å². The van der Waals surface area contributed by atoms with Crippen molar-refractivity contribution < 1.29 is 23.9 Å². The number of aliphatic carboxylic acids is 1. The third-order valence-electron chi connectivity index (χ3n) is 4.61. The fraction of sp³-hybridized carbons (Fsp3) is 0.273. The van der Waals surface area contributed by atoms with E-state index in [1.54, 1.807) is 24.3 Å². The van der Waals surface area contributed by atoms with Gasteiger partial charge in [0, 0.05) is 29.7 Å². The number of ketones is 1. The minimum atomic E-state index is -1.06. The highest BCUT2D eigenvalue weighted by atomic mass is 32.2. The third kappa shape index (κ3) is 5.46. The van der Waals surface area contributed by atoms with E-state index in [-0.39, 0.29) is 18.1 Å². The summed E-state index contributed by atoms with van der Waals surface area (Å²) < 4.78 is 6.32. The molecule has 3 rings (SSSR count). The summed E-state index contributed by atoms with van der Waals surface area (Å²) in [4.78, 5) is 36.5. The number of thiocarbonyl (C=S) groups is 1. The van der Waals surface area contributed by atoms with Crippen LogP contribution in [-0.4, -0.2) is 33.4 Å². The number of hydrogen-bond donors (Lipinski definition) is 0. The Kier molecular flexibility index (Phi) is 7.23. The van der Waals surface area contributed by atoms with Gasteiger partial charge in [0.1, 0.15) is 15.8 Å². The maximum atomic E-state index is 12.6. The molecule has 0 aliphatic carbocycles. The first kappa shape index (κ1) is 22.0. The smallest absolute Gasteiger partial charge is 0.266 e. The predicted octanol–water partition coefficient (Wildman–Crippen LogP) is 3.66. The van der Waals surface area contributed by atoms with E-state index in [4.69, 9.17) is 16.6 Å². The van der Waals surface area contributed by atoms with Crippen LogP contribution in [-0.2, 0) is 9.59 Å². The van der Waals surface area contributed by atoms with E-state index in [0.29, 0.717) is 52.1 Å². The molecule has 2 aromatic rings. The lowest BCUT2D eigenvalue weighted by Gasteiger charge is -2.14. The lowest BCUT2D eigenvalue weighted by Crippen LogP contribution is -2.29. The minimum Gasteiger partial charge on any atom is -0.550 e. The van der Waals surface area contributed by atoms with E-state index >= 15 is 0 Å². The number of carboxylic acid groups (broad SMARTS) is 1. The largest absolute Gasteiger partial charge is 0.550 e. The first-order valence-electron chi connectivity index (χ1n) is 9.51. The van der Waals surface area contributed by atoms with Gasteiger partial charge in [-0.25, -0.2) is 0 Å². The van der Waals surface area contributed by atoms with Crippen LogP contribution >= 0.6 is 24.0 Å². The third-order valence-corrected chi connectivity index (χ3v) is 5.99. The Morgan fingerprint density at radius 3 is 2.53 bits per heavy atom. The first-order chi connectivity index (χ1) is 14.3. The zero-order valence-corrected chi connectivity index (χ0v) is 18.0. The zero-order valence-electron chi connectivity index (χ0n) is 16.4. The van der Waals surface area contributed by atoms with Crippen molar-refractivity contribution in [2.24, 2.45) is 0 Å². The van der Waals surface area contributed by atoms with Gasteiger partial charge in [0.2, 0.25) is 0 Å². The second-order valence-electron chi connectivity index (χ2n) is 6.85. The number of rotatable bonds is 9.